The molecule has 0 aliphatic heterocycles. The number of pyridine rings is 1. The lowest BCUT2D eigenvalue weighted by Gasteiger charge is -2.43. The predicted octanol–water partition coefficient (Wildman–Crippen LogP) is 7.35. The molecule has 0 aliphatic carbocycles. The fourth-order valence-electron chi connectivity index (χ4n) is 5.48. The van der Waals surface area contributed by atoms with Crippen LogP contribution in [0.4, 0.5) is 0 Å². The summed E-state index contributed by atoms with van der Waals surface area (Å²) >= 11 is 3.57. The summed E-state index contributed by atoms with van der Waals surface area (Å²) in [7, 11) is -3.95. The highest BCUT2D eigenvalue weighted by Crippen LogP contribution is 2.37. The molecule has 6 nitrogen and oxygen atoms in total. The van der Waals surface area contributed by atoms with Crippen LogP contribution in [-0.2, 0) is 22.5 Å². The molecule has 5 aromatic rings. The molecule has 3 aromatic heterocycles. The Morgan fingerprint density at radius 3 is 2.10 bits per heavy atom. The molecular weight excluding hydrogens is 620 g/mol. The first-order chi connectivity index (χ1) is 20.0. The first kappa shape index (κ1) is 30.6. The largest absolute Gasteiger partial charge is 0.402 e. The standard InChI is InChI=1S/C33H41BrN4O2Si2/c1-33(2,3)42(28-13-9-7-10-14-28,29-15-11-8-12-16-29)40-23-27-21-35-32(38(27)25-39-19-20-41(4,5)6)31-30-18-17-26(34)22-37(30)24-36-31/h7-18,21-22,24H,19-20,23,25H2,1-6H3. The van der Waals surface area contributed by atoms with Gasteiger partial charge in [-0.25, -0.2) is 9.97 Å². The number of halogens is 1. The lowest BCUT2D eigenvalue weighted by atomic mass is 10.2. The highest BCUT2D eigenvalue weighted by molar-refractivity contribution is 9.10. The van der Waals surface area contributed by atoms with Crippen molar-refractivity contribution >= 4 is 48.2 Å². The Hall–Kier alpha value is -2.83. The van der Waals surface area contributed by atoms with Crippen molar-refractivity contribution in [3.05, 3.63) is 102 Å². The van der Waals surface area contributed by atoms with E-state index in [1.54, 1.807) is 0 Å². The number of fused-ring (bicyclic) bond motifs is 1. The number of rotatable bonds is 11. The van der Waals surface area contributed by atoms with Crippen LogP contribution in [-0.4, -0.2) is 41.9 Å². The first-order valence-electron chi connectivity index (χ1n) is 14.5. The number of aromatic nitrogens is 4. The third-order valence-electron chi connectivity index (χ3n) is 7.72. The summed E-state index contributed by atoms with van der Waals surface area (Å²) in [6, 6.07) is 26.7. The van der Waals surface area contributed by atoms with Gasteiger partial charge < -0.3 is 18.1 Å². The van der Waals surface area contributed by atoms with Gasteiger partial charge in [0.25, 0.3) is 8.32 Å². The SMILES string of the molecule is CC(C)(C)[Si](OCc1cnc(-c2ncn3cc(Br)ccc23)n1COCC[Si](C)(C)C)(c1ccccc1)c1ccccc1. The van der Waals surface area contributed by atoms with E-state index in [2.05, 4.69) is 128 Å². The van der Waals surface area contributed by atoms with Crippen molar-refractivity contribution < 1.29 is 9.16 Å². The van der Waals surface area contributed by atoms with Crippen molar-refractivity contribution in [3.63, 3.8) is 0 Å². The summed E-state index contributed by atoms with van der Waals surface area (Å²) in [4.78, 5) is 9.68. The van der Waals surface area contributed by atoms with Crippen LogP contribution in [0.2, 0.25) is 30.7 Å². The Morgan fingerprint density at radius 2 is 1.50 bits per heavy atom. The predicted molar refractivity (Wildman–Crippen MR) is 181 cm³/mol. The Bertz CT molecular complexity index is 1580. The van der Waals surface area contributed by atoms with E-state index in [-0.39, 0.29) is 5.04 Å². The van der Waals surface area contributed by atoms with Gasteiger partial charge in [-0.15, -0.1) is 0 Å². The van der Waals surface area contributed by atoms with Crippen molar-refractivity contribution in [1.82, 2.24) is 18.9 Å². The summed E-state index contributed by atoms with van der Waals surface area (Å²) in [6.07, 6.45) is 5.77. The third kappa shape index (κ3) is 6.40. The molecule has 0 saturated carbocycles. The van der Waals surface area contributed by atoms with E-state index in [1.807, 2.05) is 29.2 Å². The molecule has 9 heteroatoms. The molecule has 220 valence electrons. The van der Waals surface area contributed by atoms with Crippen LogP contribution in [0.1, 0.15) is 26.5 Å². The second kappa shape index (κ2) is 12.4. The zero-order chi connectivity index (χ0) is 30.0. The lowest BCUT2D eigenvalue weighted by Crippen LogP contribution is -2.66. The Morgan fingerprint density at radius 1 is 0.857 bits per heavy atom. The highest BCUT2D eigenvalue weighted by Gasteiger charge is 2.50. The van der Waals surface area contributed by atoms with Crippen molar-refractivity contribution in [2.24, 2.45) is 0 Å². The molecular formula is C33H41BrN4O2Si2. The molecule has 0 unspecified atom stereocenters. The Labute approximate surface area is 260 Å². The van der Waals surface area contributed by atoms with Gasteiger partial charge in [-0.05, 0) is 49.5 Å². The van der Waals surface area contributed by atoms with E-state index in [4.69, 9.17) is 19.1 Å². The monoisotopic (exact) mass is 660 g/mol. The van der Waals surface area contributed by atoms with Crippen LogP contribution in [0.25, 0.3) is 17.0 Å². The second-order valence-corrected chi connectivity index (χ2v) is 23.9. The summed E-state index contributed by atoms with van der Waals surface area (Å²) in [5.41, 5.74) is 2.80. The maximum absolute atomic E-state index is 7.29. The van der Waals surface area contributed by atoms with E-state index in [0.717, 1.165) is 39.9 Å². The van der Waals surface area contributed by atoms with Crippen molar-refractivity contribution in [2.45, 2.75) is 64.8 Å². The molecule has 0 bridgehead atoms. The Kier molecular flexibility index (Phi) is 9.06. The topological polar surface area (TPSA) is 53.6 Å². The quantitative estimate of drug-likeness (QED) is 0.110. The zero-order valence-electron chi connectivity index (χ0n) is 25.5. The van der Waals surface area contributed by atoms with E-state index >= 15 is 0 Å². The smallest absolute Gasteiger partial charge is 0.261 e. The number of ether oxygens (including phenoxy) is 1. The molecule has 5 rings (SSSR count). The molecule has 2 aromatic carbocycles. The van der Waals surface area contributed by atoms with Crippen LogP contribution in [0.15, 0.2) is 96.0 Å². The van der Waals surface area contributed by atoms with E-state index in [1.165, 1.54) is 10.4 Å². The van der Waals surface area contributed by atoms with Gasteiger partial charge in [0.05, 0.1) is 24.0 Å². The van der Waals surface area contributed by atoms with Gasteiger partial charge in [0, 0.05) is 25.4 Å². The van der Waals surface area contributed by atoms with Gasteiger partial charge in [-0.2, -0.15) is 0 Å². The lowest BCUT2D eigenvalue weighted by molar-refractivity contribution is 0.0838. The first-order valence-corrected chi connectivity index (χ1v) is 20.9. The molecule has 0 fully saturated rings. The fourth-order valence-corrected chi connectivity index (χ4v) is 11.1. The van der Waals surface area contributed by atoms with Gasteiger partial charge in [0.15, 0.2) is 5.82 Å². The second-order valence-electron chi connectivity index (χ2n) is 13.0. The zero-order valence-corrected chi connectivity index (χ0v) is 29.1. The van der Waals surface area contributed by atoms with Crippen LogP contribution in [0, 0.1) is 0 Å². The van der Waals surface area contributed by atoms with E-state index in [9.17, 15) is 0 Å². The van der Waals surface area contributed by atoms with Crippen molar-refractivity contribution in [1.29, 1.82) is 0 Å². The highest BCUT2D eigenvalue weighted by atomic mass is 79.9. The fraction of sp³-hybridized carbons (Fsp3) is 0.333. The average Bonchev–Trinajstić information content (AvgIpc) is 3.54. The molecule has 0 spiro atoms. The summed E-state index contributed by atoms with van der Waals surface area (Å²) in [5.74, 6) is 0.786. The maximum atomic E-state index is 7.29. The number of hydrogen-bond donors (Lipinski definition) is 0. The van der Waals surface area contributed by atoms with Gasteiger partial charge in [-0.3, -0.25) is 0 Å². The number of nitrogens with zero attached hydrogens (tertiary/aromatic N) is 4. The maximum Gasteiger partial charge on any atom is 0.261 e. The minimum atomic E-state index is -2.73. The van der Waals surface area contributed by atoms with E-state index < -0.39 is 16.4 Å². The van der Waals surface area contributed by atoms with Crippen LogP contribution in [0.3, 0.4) is 0 Å². The minimum Gasteiger partial charge on any atom is -0.402 e. The summed E-state index contributed by atoms with van der Waals surface area (Å²) in [5, 5.41) is 2.39. The number of imidazole rings is 2. The number of benzene rings is 2. The molecule has 0 aliphatic rings. The third-order valence-corrected chi connectivity index (χ3v) is 14.9. The van der Waals surface area contributed by atoms with Crippen molar-refractivity contribution in [2.75, 3.05) is 6.61 Å². The summed E-state index contributed by atoms with van der Waals surface area (Å²) < 4.78 is 18.7. The van der Waals surface area contributed by atoms with Crippen LogP contribution < -0.4 is 10.4 Å². The molecule has 42 heavy (non-hydrogen) atoms. The van der Waals surface area contributed by atoms with Gasteiger partial charge in [0.1, 0.15) is 18.8 Å². The minimum absolute atomic E-state index is 0.120. The van der Waals surface area contributed by atoms with Gasteiger partial charge >= 0.3 is 0 Å². The van der Waals surface area contributed by atoms with E-state index in [0.29, 0.717) is 13.3 Å². The molecule has 3 heterocycles. The summed E-state index contributed by atoms with van der Waals surface area (Å²) in [6.45, 7) is 15.6. The van der Waals surface area contributed by atoms with Gasteiger partial charge in [-0.1, -0.05) is 101 Å². The molecule has 0 amide bonds. The number of hydrogen-bond acceptors (Lipinski definition) is 4. The Balaban J connectivity index is 1.55. The molecule has 0 atom stereocenters. The molecule has 0 N–H and O–H groups in total. The van der Waals surface area contributed by atoms with Crippen LogP contribution in [0.5, 0.6) is 0 Å². The molecule has 0 radical (unpaired) electrons. The normalized spacial score (nSPS) is 12.7. The molecule has 0 saturated heterocycles. The van der Waals surface area contributed by atoms with Gasteiger partial charge in [0.2, 0.25) is 0 Å². The van der Waals surface area contributed by atoms with Crippen molar-refractivity contribution in [3.8, 4) is 11.5 Å². The average molecular weight is 662 g/mol. The van der Waals surface area contributed by atoms with Crippen LogP contribution >= 0.6 is 15.9 Å².